The number of hydrogen-bond donors (Lipinski definition) is 1. The number of carbonyl (C=O) groups is 2. The molecule has 0 unspecified atom stereocenters. The smallest absolute Gasteiger partial charge is 0.209 e. The van der Waals surface area contributed by atoms with Crippen LogP contribution >= 0.6 is 0 Å². The van der Waals surface area contributed by atoms with Crippen molar-refractivity contribution in [3.05, 3.63) is 0 Å². The van der Waals surface area contributed by atoms with Gasteiger partial charge < -0.3 is 15.0 Å². The number of hydrogen-bond acceptors (Lipinski definition) is 4. The van der Waals surface area contributed by atoms with Gasteiger partial charge in [-0.3, -0.25) is 9.59 Å². The summed E-state index contributed by atoms with van der Waals surface area (Å²) in [7, 11) is 1.96. The van der Waals surface area contributed by atoms with Gasteiger partial charge in [-0.2, -0.15) is 0 Å². The third-order valence-electron chi connectivity index (χ3n) is 2.90. The Balaban J connectivity index is 0. The lowest BCUT2D eigenvalue weighted by molar-refractivity contribution is -0.127. The van der Waals surface area contributed by atoms with Crippen LogP contribution < -0.4 is 5.32 Å². The molecular weight excluding hydrogens is 268 g/mol. The first-order valence-electron chi connectivity index (χ1n) is 7.77. The number of ketones is 1. The van der Waals surface area contributed by atoms with E-state index < -0.39 is 0 Å². The minimum atomic E-state index is 0.0535. The molecule has 1 aliphatic heterocycles. The fourth-order valence-electron chi connectivity index (χ4n) is 1.38. The molecule has 0 aromatic heterocycles. The third-order valence-corrected chi connectivity index (χ3v) is 2.90. The van der Waals surface area contributed by atoms with Crippen LogP contribution in [0.5, 0.6) is 0 Å². The summed E-state index contributed by atoms with van der Waals surface area (Å²) >= 11 is 0. The summed E-state index contributed by atoms with van der Waals surface area (Å²) in [6.07, 6.45) is 2.69. The largest absolute Gasteiger partial charge is 0.370 e. The summed E-state index contributed by atoms with van der Waals surface area (Å²) in [6, 6.07) is 0. The molecule has 21 heavy (non-hydrogen) atoms. The van der Waals surface area contributed by atoms with Crippen LogP contribution in [-0.4, -0.2) is 55.5 Å². The zero-order chi connectivity index (χ0) is 16.9. The predicted molar refractivity (Wildman–Crippen MR) is 87.5 cm³/mol. The molecule has 0 atom stereocenters. The summed E-state index contributed by atoms with van der Waals surface area (Å²) < 4.78 is 5.35. The van der Waals surface area contributed by atoms with Gasteiger partial charge in [0.15, 0.2) is 5.78 Å². The van der Waals surface area contributed by atoms with Crippen LogP contribution in [0, 0.1) is 0 Å². The van der Waals surface area contributed by atoms with E-state index in [9.17, 15) is 9.59 Å². The quantitative estimate of drug-likeness (QED) is 0.809. The fourth-order valence-corrected chi connectivity index (χ4v) is 1.38. The van der Waals surface area contributed by atoms with E-state index in [2.05, 4.69) is 26.1 Å². The van der Waals surface area contributed by atoms with Crippen molar-refractivity contribution in [2.45, 2.75) is 66.0 Å². The molecule has 0 bridgehead atoms. The summed E-state index contributed by atoms with van der Waals surface area (Å²) in [5.74, 6) is 0.0535. The Labute approximate surface area is 130 Å². The van der Waals surface area contributed by atoms with Crippen LogP contribution in [0.15, 0.2) is 0 Å². The second-order valence-electron chi connectivity index (χ2n) is 5.85. The maximum atomic E-state index is 10.6. The van der Waals surface area contributed by atoms with Gasteiger partial charge >= 0.3 is 0 Å². The Morgan fingerprint density at radius 1 is 1.29 bits per heavy atom. The molecule has 1 aliphatic rings. The Morgan fingerprint density at radius 2 is 1.71 bits per heavy atom. The molecule has 126 valence electrons. The Bertz CT molecular complexity index is 267. The number of rotatable bonds is 4. The standard InChI is InChI=1S/C9H15NO3.C5H13N.C2H6/c1-8(12)6-13-9-2-4-10(7-11)5-3-9;1-5(2,3)6-4;1-2/h7,9H,2-6H2,1H3;6H,1-4H3;1-2H3. The topological polar surface area (TPSA) is 58.6 Å². The third kappa shape index (κ3) is 15.3. The average Bonchev–Trinajstić information content (AvgIpc) is 2.47. The fraction of sp³-hybridized carbons (Fsp3) is 0.875. The summed E-state index contributed by atoms with van der Waals surface area (Å²) in [5, 5.41) is 3.10. The van der Waals surface area contributed by atoms with Gasteiger partial charge in [-0.15, -0.1) is 0 Å². The number of nitrogens with zero attached hydrogens (tertiary/aromatic N) is 1. The van der Waals surface area contributed by atoms with Gasteiger partial charge in [0.25, 0.3) is 0 Å². The first-order valence-corrected chi connectivity index (χ1v) is 7.77. The predicted octanol–water partition coefficient (Wildman–Crippen LogP) is 2.24. The molecule has 0 aromatic rings. The van der Waals surface area contributed by atoms with Gasteiger partial charge in [0.1, 0.15) is 6.61 Å². The maximum absolute atomic E-state index is 10.6. The number of nitrogens with one attached hydrogen (secondary N) is 1. The van der Waals surface area contributed by atoms with E-state index in [0.29, 0.717) is 5.54 Å². The van der Waals surface area contributed by atoms with Crippen molar-refractivity contribution in [2.75, 3.05) is 26.7 Å². The Hall–Kier alpha value is -0.940. The number of likely N-dealkylation sites (tertiary alicyclic amines) is 1. The van der Waals surface area contributed by atoms with Gasteiger partial charge in [-0.05, 0) is 47.6 Å². The lowest BCUT2D eigenvalue weighted by atomic mass is 10.1. The molecule has 1 fully saturated rings. The van der Waals surface area contributed by atoms with Crippen molar-refractivity contribution in [3.8, 4) is 0 Å². The monoisotopic (exact) mass is 302 g/mol. The normalized spacial score (nSPS) is 15.3. The maximum Gasteiger partial charge on any atom is 0.209 e. The molecule has 0 saturated carbocycles. The highest BCUT2D eigenvalue weighted by atomic mass is 16.5. The molecule has 0 radical (unpaired) electrons. The van der Waals surface area contributed by atoms with Crippen LogP contribution in [0.25, 0.3) is 0 Å². The number of amides is 1. The summed E-state index contributed by atoms with van der Waals surface area (Å²) in [4.78, 5) is 22.7. The average molecular weight is 302 g/mol. The highest BCUT2D eigenvalue weighted by molar-refractivity contribution is 5.76. The Kier molecular flexibility index (Phi) is 13.6. The van der Waals surface area contributed by atoms with Crippen molar-refractivity contribution < 1.29 is 14.3 Å². The van der Waals surface area contributed by atoms with Crippen molar-refractivity contribution >= 4 is 12.2 Å². The minimum absolute atomic E-state index is 0.0535. The van der Waals surface area contributed by atoms with Crippen molar-refractivity contribution in [2.24, 2.45) is 0 Å². The number of piperidine rings is 1. The molecule has 5 nitrogen and oxygen atoms in total. The molecule has 0 aromatic carbocycles. The first-order chi connectivity index (χ1) is 9.78. The molecule has 5 heteroatoms. The molecule has 1 saturated heterocycles. The highest BCUT2D eigenvalue weighted by Crippen LogP contribution is 2.11. The van der Waals surface area contributed by atoms with E-state index in [1.807, 2.05) is 20.9 Å². The molecular formula is C16H34N2O3. The van der Waals surface area contributed by atoms with Crippen LogP contribution in [-0.2, 0) is 14.3 Å². The molecule has 1 amide bonds. The second-order valence-corrected chi connectivity index (χ2v) is 5.85. The van der Waals surface area contributed by atoms with Gasteiger partial charge in [-0.1, -0.05) is 13.8 Å². The van der Waals surface area contributed by atoms with Crippen LogP contribution in [0.1, 0.15) is 54.4 Å². The zero-order valence-electron chi connectivity index (χ0n) is 14.9. The van der Waals surface area contributed by atoms with E-state index in [1.54, 1.807) is 4.90 Å². The molecule has 0 aliphatic carbocycles. The SMILES string of the molecule is CC.CC(=O)COC1CCN(C=O)CC1.CNC(C)(C)C. The number of Topliss-reactive ketones (excluding diaryl/α,β-unsaturated/α-hetero) is 1. The molecule has 1 rings (SSSR count). The first kappa shape index (κ1) is 22.3. The molecule has 0 spiro atoms. The highest BCUT2D eigenvalue weighted by Gasteiger charge is 2.18. The van der Waals surface area contributed by atoms with E-state index >= 15 is 0 Å². The van der Waals surface area contributed by atoms with E-state index in [1.165, 1.54) is 6.92 Å². The lowest BCUT2D eigenvalue weighted by Crippen LogP contribution is -2.36. The molecule has 1 N–H and O–H groups in total. The minimum Gasteiger partial charge on any atom is -0.370 e. The van der Waals surface area contributed by atoms with E-state index in [-0.39, 0.29) is 18.5 Å². The number of carbonyl (C=O) groups excluding carboxylic acids is 2. The molecule has 1 heterocycles. The summed E-state index contributed by atoms with van der Waals surface area (Å²) in [5.41, 5.74) is 0.292. The van der Waals surface area contributed by atoms with Crippen molar-refractivity contribution in [3.63, 3.8) is 0 Å². The van der Waals surface area contributed by atoms with Crippen LogP contribution in [0.3, 0.4) is 0 Å². The van der Waals surface area contributed by atoms with E-state index in [4.69, 9.17) is 4.74 Å². The van der Waals surface area contributed by atoms with Gasteiger partial charge in [-0.25, -0.2) is 0 Å². The van der Waals surface area contributed by atoms with Crippen molar-refractivity contribution in [1.29, 1.82) is 0 Å². The van der Waals surface area contributed by atoms with E-state index in [0.717, 1.165) is 32.3 Å². The van der Waals surface area contributed by atoms with Crippen LogP contribution in [0.4, 0.5) is 0 Å². The number of ether oxygens (including phenoxy) is 1. The second kappa shape index (κ2) is 12.8. The Morgan fingerprint density at radius 3 is 2.00 bits per heavy atom. The van der Waals surface area contributed by atoms with Crippen LogP contribution in [0.2, 0.25) is 0 Å². The van der Waals surface area contributed by atoms with Gasteiger partial charge in [0.05, 0.1) is 6.10 Å². The zero-order valence-corrected chi connectivity index (χ0v) is 14.9. The van der Waals surface area contributed by atoms with Gasteiger partial charge in [0, 0.05) is 18.6 Å². The van der Waals surface area contributed by atoms with Crippen molar-refractivity contribution in [1.82, 2.24) is 10.2 Å². The lowest BCUT2D eigenvalue weighted by Gasteiger charge is -2.28. The summed E-state index contributed by atoms with van der Waals surface area (Å²) in [6.45, 7) is 13.6. The van der Waals surface area contributed by atoms with Gasteiger partial charge in [0.2, 0.25) is 6.41 Å².